The fourth-order valence-corrected chi connectivity index (χ4v) is 5.90. The SMILES string of the molecule is Cc1ccc(/C=C(\NC(=O)c2ccccc2)C(=O)Nc2ccc(SC(C(=O)Nc3cc(C)cc(C)c3)c3ccccc3)cc2)cc1. The summed E-state index contributed by atoms with van der Waals surface area (Å²) in [5, 5.41) is 8.26. The Morgan fingerprint density at radius 1 is 0.630 bits per heavy atom. The smallest absolute Gasteiger partial charge is 0.272 e. The van der Waals surface area contributed by atoms with Crippen LogP contribution in [0.15, 0.2) is 138 Å². The van der Waals surface area contributed by atoms with Crippen molar-refractivity contribution in [3.8, 4) is 0 Å². The molecule has 5 aromatic carbocycles. The number of hydrogen-bond donors (Lipinski definition) is 3. The Bertz CT molecular complexity index is 1830. The van der Waals surface area contributed by atoms with E-state index in [1.165, 1.54) is 11.8 Å². The molecular weight excluding hydrogens is 591 g/mol. The van der Waals surface area contributed by atoms with Gasteiger partial charge in [-0.25, -0.2) is 0 Å². The van der Waals surface area contributed by atoms with Crippen molar-refractivity contribution in [1.29, 1.82) is 0 Å². The van der Waals surface area contributed by atoms with Gasteiger partial charge in [0.05, 0.1) is 0 Å². The Morgan fingerprint density at radius 3 is 1.87 bits per heavy atom. The molecule has 3 amide bonds. The summed E-state index contributed by atoms with van der Waals surface area (Å²) in [7, 11) is 0. The van der Waals surface area contributed by atoms with Crippen molar-refractivity contribution in [3.63, 3.8) is 0 Å². The van der Waals surface area contributed by atoms with E-state index in [-0.39, 0.29) is 17.5 Å². The summed E-state index contributed by atoms with van der Waals surface area (Å²) in [5.74, 6) is -0.967. The van der Waals surface area contributed by atoms with E-state index >= 15 is 0 Å². The standard InChI is InChI=1S/C39H35N3O3S/c1-26-14-16-29(17-15-26)25-35(42-37(43)31-12-8-5-9-13-31)38(44)40-32-18-20-34(21-19-32)46-36(30-10-6-4-7-11-30)39(45)41-33-23-27(2)22-28(3)24-33/h4-25,36H,1-3H3,(H,40,44)(H,41,45)(H,42,43)/b35-25-. The second kappa shape index (κ2) is 15.1. The number of carbonyl (C=O) groups is 3. The van der Waals surface area contributed by atoms with Crippen LogP contribution in [0, 0.1) is 20.8 Å². The van der Waals surface area contributed by atoms with Crippen LogP contribution in [0.4, 0.5) is 11.4 Å². The molecule has 0 aliphatic rings. The molecule has 3 N–H and O–H groups in total. The first kappa shape index (κ1) is 32.0. The summed E-state index contributed by atoms with van der Waals surface area (Å²) in [5.41, 5.74) is 6.77. The van der Waals surface area contributed by atoms with Crippen molar-refractivity contribution in [3.05, 3.63) is 166 Å². The first-order valence-electron chi connectivity index (χ1n) is 14.9. The molecule has 0 aromatic heterocycles. The summed E-state index contributed by atoms with van der Waals surface area (Å²) in [6.07, 6.45) is 1.65. The zero-order valence-corrected chi connectivity index (χ0v) is 26.7. The lowest BCUT2D eigenvalue weighted by Crippen LogP contribution is -2.30. The Balaban J connectivity index is 1.33. The quantitative estimate of drug-likeness (QED) is 0.107. The summed E-state index contributed by atoms with van der Waals surface area (Å²) in [6.45, 7) is 6.00. The average Bonchev–Trinajstić information content (AvgIpc) is 3.05. The number of thioether (sulfide) groups is 1. The molecule has 5 aromatic rings. The Labute approximate surface area is 274 Å². The predicted octanol–water partition coefficient (Wildman–Crippen LogP) is 8.49. The number of benzene rings is 5. The monoisotopic (exact) mass is 625 g/mol. The molecule has 0 aliphatic heterocycles. The maximum atomic E-state index is 13.6. The van der Waals surface area contributed by atoms with Gasteiger partial charge < -0.3 is 16.0 Å². The lowest BCUT2D eigenvalue weighted by molar-refractivity contribution is -0.116. The first-order valence-corrected chi connectivity index (χ1v) is 15.8. The van der Waals surface area contributed by atoms with Crippen LogP contribution in [0.2, 0.25) is 0 Å². The van der Waals surface area contributed by atoms with Crippen LogP contribution in [0.3, 0.4) is 0 Å². The summed E-state index contributed by atoms with van der Waals surface area (Å²) in [4.78, 5) is 40.8. The number of anilines is 2. The highest BCUT2D eigenvalue weighted by Crippen LogP contribution is 2.37. The molecule has 5 rings (SSSR count). The zero-order chi connectivity index (χ0) is 32.5. The molecule has 0 bridgehead atoms. The minimum atomic E-state index is -0.500. The number of hydrogen-bond acceptors (Lipinski definition) is 4. The Kier molecular flexibility index (Phi) is 10.5. The zero-order valence-electron chi connectivity index (χ0n) is 25.9. The molecule has 6 nitrogen and oxygen atoms in total. The van der Waals surface area contributed by atoms with E-state index in [0.717, 1.165) is 38.4 Å². The highest BCUT2D eigenvalue weighted by atomic mass is 32.2. The lowest BCUT2D eigenvalue weighted by Gasteiger charge is -2.18. The first-order chi connectivity index (χ1) is 22.2. The normalized spacial score (nSPS) is 11.8. The van der Waals surface area contributed by atoms with Crippen LogP contribution in [0.1, 0.15) is 43.4 Å². The van der Waals surface area contributed by atoms with E-state index in [9.17, 15) is 14.4 Å². The Hall–Kier alpha value is -5.40. The second-order valence-electron chi connectivity index (χ2n) is 11.0. The maximum Gasteiger partial charge on any atom is 0.272 e. The van der Waals surface area contributed by atoms with Crippen molar-refractivity contribution in [2.45, 2.75) is 30.9 Å². The third-order valence-corrected chi connectivity index (χ3v) is 8.38. The highest BCUT2D eigenvalue weighted by Gasteiger charge is 2.23. The average molecular weight is 626 g/mol. The van der Waals surface area contributed by atoms with E-state index in [1.807, 2.05) is 106 Å². The summed E-state index contributed by atoms with van der Waals surface area (Å²) < 4.78 is 0. The Morgan fingerprint density at radius 2 is 1.24 bits per heavy atom. The molecule has 0 fully saturated rings. The number of carbonyl (C=O) groups excluding carboxylic acids is 3. The number of aryl methyl sites for hydroxylation is 3. The third kappa shape index (κ3) is 8.83. The molecule has 0 saturated carbocycles. The molecule has 1 unspecified atom stereocenters. The fraction of sp³-hybridized carbons (Fsp3) is 0.103. The number of nitrogens with one attached hydrogen (secondary N) is 3. The van der Waals surface area contributed by atoms with Crippen LogP contribution in [0.5, 0.6) is 0 Å². The van der Waals surface area contributed by atoms with E-state index in [1.54, 1.807) is 42.5 Å². The van der Waals surface area contributed by atoms with Crippen molar-refractivity contribution in [2.24, 2.45) is 0 Å². The molecule has 230 valence electrons. The van der Waals surface area contributed by atoms with Crippen molar-refractivity contribution < 1.29 is 14.4 Å². The van der Waals surface area contributed by atoms with Crippen molar-refractivity contribution in [1.82, 2.24) is 5.32 Å². The molecule has 7 heteroatoms. The molecule has 46 heavy (non-hydrogen) atoms. The van der Waals surface area contributed by atoms with Crippen LogP contribution in [0.25, 0.3) is 6.08 Å². The highest BCUT2D eigenvalue weighted by molar-refractivity contribution is 8.00. The van der Waals surface area contributed by atoms with Gasteiger partial charge in [-0.2, -0.15) is 0 Å². The van der Waals surface area contributed by atoms with Gasteiger partial charge in [0.2, 0.25) is 5.91 Å². The van der Waals surface area contributed by atoms with Crippen LogP contribution in [-0.4, -0.2) is 17.7 Å². The molecule has 1 atom stereocenters. The maximum absolute atomic E-state index is 13.6. The largest absolute Gasteiger partial charge is 0.325 e. The van der Waals surface area contributed by atoms with Crippen molar-refractivity contribution in [2.75, 3.05) is 10.6 Å². The summed E-state index contributed by atoms with van der Waals surface area (Å²) in [6, 6.07) is 39.4. The third-order valence-electron chi connectivity index (χ3n) is 7.11. The van der Waals surface area contributed by atoms with Gasteiger partial charge in [0, 0.05) is 21.8 Å². The minimum Gasteiger partial charge on any atom is -0.325 e. The van der Waals surface area contributed by atoms with Gasteiger partial charge in [-0.15, -0.1) is 11.8 Å². The van der Waals surface area contributed by atoms with Crippen LogP contribution in [-0.2, 0) is 9.59 Å². The van der Waals surface area contributed by atoms with Gasteiger partial charge >= 0.3 is 0 Å². The predicted molar refractivity (Wildman–Crippen MR) is 188 cm³/mol. The van der Waals surface area contributed by atoms with E-state index < -0.39 is 11.2 Å². The lowest BCUT2D eigenvalue weighted by atomic mass is 10.1. The minimum absolute atomic E-state index is 0.114. The van der Waals surface area contributed by atoms with Gasteiger partial charge in [-0.05, 0) is 97.6 Å². The van der Waals surface area contributed by atoms with Gasteiger partial charge in [0.25, 0.3) is 11.8 Å². The van der Waals surface area contributed by atoms with Gasteiger partial charge in [0.1, 0.15) is 10.9 Å². The number of amides is 3. The molecule has 0 spiro atoms. The topological polar surface area (TPSA) is 87.3 Å². The molecule has 0 heterocycles. The molecule has 0 saturated heterocycles. The van der Waals surface area contributed by atoms with E-state index in [2.05, 4.69) is 22.0 Å². The van der Waals surface area contributed by atoms with Gasteiger partial charge in [0.15, 0.2) is 0 Å². The molecule has 0 radical (unpaired) electrons. The number of rotatable bonds is 10. The fourth-order valence-electron chi connectivity index (χ4n) is 4.88. The van der Waals surface area contributed by atoms with Crippen LogP contribution >= 0.6 is 11.8 Å². The summed E-state index contributed by atoms with van der Waals surface area (Å²) >= 11 is 1.43. The second-order valence-corrected chi connectivity index (χ2v) is 12.2. The molecular formula is C39H35N3O3S. The van der Waals surface area contributed by atoms with Crippen molar-refractivity contribution >= 4 is 46.9 Å². The van der Waals surface area contributed by atoms with E-state index in [0.29, 0.717) is 11.3 Å². The molecule has 0 aliphatic carbocycles. The van der Waals surface area contributed by atoms with Gasteiger partial charge in [-0.3, -0.25) is 14.4 Å². The van der Waals surface area contributed by atoms with Gasteiger partial charge in [-0.1, -0.05) is 84.4 Å². The van der Waals surface area contributed by atoms with E-state index in [4.69, 9.17) is 0 Å². The van der Waals surface area contributed by atoms with Crippen LogP contribution < -0.4 is 16.0 Å².